The summed E-state index contributed by atoms with van der Waals surface area (Å²) in [6, 6.07) is 8.60. The van der Waals surface area contributed by atoms with E-state index in [0.717, 1.165) is 29.4 Å². The van der Waals surface area contributed by atoms with Gasteiger partial charge in [0.2, 0.25) is 0 Å². The predicted octanol–water partition coefficient (Wildman–Crippen LogP) is 5.46. The van der Waals surface area contributed by atoms with Gasteiger partial charge < -0.3 is 4.74 Å². The third-order valence-corrected chi connectivity index (χ3v) is 7.08. The van der Waals surface area contributed by atoms with Crippen LogP contribution >= 0.6 is 0 Å². The van der Waals surface area contributed by atoms with Crippen LogP contribution in [0.5, 0.6) is 5.75 Å². The lowest BCUT2D eigenvalue weighted by molar-refractivity contribution is 0.00737. The standard InChI is InChI=1S/C21H26O/c1-6-12-20-15(7-1)13-14-21(22-20)18-10-4-2-8-16(18)17-9-3-5-11-19(17)21/h1,6-7,12-14,16-19H,2-5,8-11H2. The second-order valence-corrected chi connectivity index (χ2v) is 7.94. The molecule has 1 aromatic rings. The Balaban J connectivity index is 1.60. The van der Waals surface area contributed by atoms with E-state index in [9.17, 15) is 0 Å². The van der Waals surface area contributed by atoms with E-state index >= 15 is 0 Å². The third-order valence-electron chi connectivity index (χ3n) is 7.08. The molecule has 1 aliphatic heterocycles. The largest absolute Gasteiger partial charge is 0.482 e. The summed E-state index contributed by atoms with van der Waals surface area (Å²) in [5.74, 6) is 4.50. The molecule has 4 unspecified atom stereocenters. The van der Waals surface area contributed by atoms with Crippen LogP contribution in [-0.2, 0) is 0 Å². The molecular weight excluding hydrogens is 268 g/mol. The Labute approximate surface area is 133 Å². The minimum atomic E-state index is 0.0184. The van der Waals surface area contributed by atoms with Crippen LogP contribution in [0.3, 0.4) is 0 Å². The van der Waals surface area contributed by atoms with E-state index in [1.807, 2.05) is 0 Å². The summed E-state index contributed by atoms with van der Waals surface area (Å²) in [4.78, 5) is 0. The van der Waals surface area contributed by atoms with E-state index < -0.39 is 0 Å². The third kappa shape index (κ3) is 1.71. The summed E-state index contributed by atoms with van der Waals surface area (Å²) in [5.41, 5.74) is 1.28. The first-order valence-corrected chi connectivity index (χ1v) is 9.36. The SMILES string of the molecule is C1=CC2(Oc3ccccc31)C1CCCCC1C1CCCCC12. The lowest BCUT2D eigenvalue weighted by atomic mass is 9.73. The van der Waals surface area contributed by atoms with Gasteiger partial charge in [0.05, 0.1) is 0 Å². The Morgan fingerprint density at radius 2 is 1.45 bits per heavy atom. The van der Waals surface area contributed by atoms with Gasteiger partial charge in [-0.2, -0.15) is 0 Å². The minimum Gasteiger partial charge on any atom is -0.482 e. The van der Waals surface area contributed by atoms with Crippen LogP contribution in [0.4, 0.5) is 0 Å². The molecule has 116 valence electrons. The number of ether oxygens (including phenoxy) is 1. The van der Waals surface area contributed by atoms with Crippen LogP contribution in [0.15, 0.2) is 30.3 Å². The van der Waals surface area contributed by atoms with Crippen molar-refractivity contribution in [3.8, 4) is 5.75 Å². The Kier molecular flexibility index (Phi) is 2.93. The van der Waals surface area contributed by atoms with Gasteiger partial charge in [0.25, 0.3) is 0 Å². The van der Waals surface area contributed by atoms with Crippen LogP contribution in [0, 0.1) is 23.7 Å². The van der Waals surface area contributed by atoms with Gasteiger partial charge >= 0.3 is 0 Å². The normalized spacial score (nSPS) is 42.4. The van der Waals surface area contributed by atoms with Crippen molar-refractivity contribution >= 4 is 6.08 Å². The highest BCUT2D eigenvalue weighted by Crippen LogP contribution is 2.62. The quantitative estimate of drug-likeness (QED) is 0.617. The summed E-state index contributed by atoms with van der Waals surface area (Å²) in [6.07, 6.45) is 16.2. The van der Waals surface area contributed by atoms with E-state index in [-0.39, 0.29) is 5.60 Å². The van der Waals surface area contributed by atoms with Crippen molar-refractivity contribution in [3.05, 3.63) is 35.9 Å². The molecule has 0 N–H and O–H groups in total. The molecule has 1 spiro atoms. The smallest absolute Gasteiger partial charge is 0.134 e. The number of hydrogen-bond donors (Lipinski definition) is 0. The Morgan fingerprint density at radius 3 is 2.18 bits per heavy atom. The van der Waals surface area contributed by atoms with Crippen molar-refractivity contribution < 1.29 is 4.74 Å². The van der Waals surface area contributed by atoms with Crippen LogP contribution in [0.2, 0.25) is 0 Å². The van der Waals surface area contributed by atoms with Crippen molar-refractivity contribution in [2.45, 2.75) is 57.0 Å². The molecular formula is C21H26O. The molecule has 0 bridgehead atoms. The Bertz CT molecular complexity index is 580. The van der Waals surface area contributed by atoms with Crippen LogP contribution in [0.1, 0.15) is 56.9 Å². The first kappa shape index (κ1) is 13.2. The van der Waals surface area contributed by atoms with Crippen LogP contribution in [0.25, 0.3) is 6.08 Å². The maximum atomic E-state index is 6.83. The first-order chi connectivity index (χ1) is 10.9. The van der Waals surface area contributed by atoms with Crippen molar-refractivity contribution in [2.75, 3.05) is 0 Å². The van der Waals surface area contributed by atoms with Crippen LogP contribution < -0.4 is 4.74 Å². The fraction of sp³-hybridized carbons (Fsp3) is 0.619. The number of para-hydroxylation sites is 1. The van der Waals surface area contributed by atoms with Crippen LogP contribution in [-0.4, -0.2) is 5.60 Å². The fourth-order valence-electron chi connectivity index (χ4n) is 6.29. The molecule has 22 heavy (non-hydrogen) atoms. The monoisotopic (exact) mass is 294 g/mol. The molecule has 3 aliphatic carbocycles. The number of hydrogen-bond acceptors (Lipinski definition) is 1. The molecule has 5 rings (SSSR count). The average Bonchev–Trinajstić information content (AvgIpc) is 2.86. The molecule has 0 amide bonds. The minimum absolute atomic E-state index is 0.0184. The van der Waals surface area contributed by atoms with Gasteiger partial charge in [0, 0.05) is 17.4 Å². The molecule has 4 aliphatic rings. The van der Waals surface area contributed by atoms with Crippen molar-refractivity contribution in [2.24, 2.45) is 23.7 Å². The van der Waals surface area contributed by atoms with Gasteiger partial charge in [-0.15, -0.1) is 0 Å². The second kappa shape index (κ2) is 4.88. The molecule has 1 heteroatoms. The highest BCUT2D eigenvalue weighted by molar-refractivity contribution is 5.61. The first-order valence-electron chi connectivity index (χ1n) is 9.36. The molecule has 1 aromatic carbocycles. The maximum Gasteiger partial charge on any atom is 0.134 e. The van der Waals surface area contributed by atoms with Gasteiger partial charge in [-0.05, 0) is 49.7 Å². The van der Waals surface area contributed by atoms with E-state index in [2.05, 4.69) is 36.4 Å². The zero-order valence-corrected chi connectivity index (χ0v) is 13.3. The van der Waals surface area contributed by atoms with Crippen molar-refractivity contribution in [3.63, 3.8) is 0 Å². The zero-order valence-electron chi connectivity index (χ0n) is 13.3. The van der Waals surface area contributed by atoms with E-state index in [1.54, 1.807) is 0 Å². The highest BCUT2D eigenvalue weighted by Gasteiger charge is 2.61. The van der Waals surface area contributed by atoms with Gasteiger partial charge in [-0.1, -0.05) is 50.0 Å². The van der Waals surface area contributed by atoms with Gasteiger partial charge in [-0.25, -0.2) is 0 Å². The Hall–Kier alpha value is -1.24. The fourth-order valence-corrected chi connectivity index (χ4v) is 6.29. The Morgan fingerprint density at radius 1 is 0.818 bits per heavy atom. The molecule has 0 radical (unpaired) electrons. The summed E-state index contributed by atoms with van der Waals surface area (Å²) in [6.45, 7) is 0. The zero-order chi connectivity index (χ0) is 14.6. The molecule has 1 nitrogen and oxygen atoms in total. The topological polar surface area (TPSA) is 9.23 Å². The summed E-state index contributed by atoms with van der Waals surface area (Å²) in [7, 11) is 0. The summed E-state index contributed by atoms with van der Waals surface area (Å²) >= 11 is 0. The van der Waals surface area contributed by atoms with Crippen molar-refractivity contribution in [1.82, 2.24) is 0 Å². The number of rotatable bonds is 0. The molecule has 1 heterocycles. The lowest BCUT2D eigenvalue weighted by Gasteiger charge is -2.43. The maximum absolute atomic E-state index is 6.83. The molecule has 3 fully saturated rings. The highest BCUT2D eigenvalue weighted by atomic mass is 16.5. The van der Waals surface area contributed by atoms with Gasteiger partial charge in [-0.3, -0.25) is 0 Å². The second-order valence-electron chi connectivity index (χ2n) is 7.94. The molecule has 4 atom stereocenters. The molecule has 0 saturated heterocycles. The predicted molar refractivity (Wildman–Crippen MR) is 89.7 cm³/mol. The molecule has 3 saturated carbocycles. The van der Waals surface area contributed by atoms with E-state index in [1.165, 1.54) is 56.9 Å². The lowest BCUT2D eigenvalue weighted by Crippen LogP contribution is -2.47. The van der Waals surface area contributed by atoms with E-state index in [0.29, 0.717) is 0 Å². The summed E-state index contributed by atoms with van der Waals surface area (Å²) in [5, 5.41) is 0. The number of benzene rings is 1. The molecule has 0 aromatic heterocycles. The number of fused-ring (bicyclic) bond motifs is 6. The van der Waals surface area contributed by atoms with Crippen molar-refractivity contribution in [1.29, 1.82) is 0 Å². The van der Waals surface area contributed by atoms with E-state index in [4.69, 9.17) is 4.74 Å². The summed E-state index contributed by atoms with van der Waals surface area (Å²) < 4.78 is 6.83. The van der Waals surface area contributed by atoms with Gasteiger partial charge in [0.15, 0.2) is 0 Å². The van der Waals surface area contributed by atoms with Gasteiger partial charge in [0.1, 0.15) is 11.4 Å². The average molecular weight is 294 g/mol.